The van der Waals surface area contributed by atoms with Crippen LogP contribution in [0.3, 0.4) is 0 Å². The molecule has 4 amide bonds. The topological polar surface area (TPSA) is 85.8 Å². The largest absolute Gasteiger partial charge is 0.417 e. The molecule has 3 aliphatic heterocycles. The first kappa shape index (κ1) is 18.5. The van der Waals surface area contributed by atoms with E-state index in [0.29, 0.717) is 24.3 Å². The molecule has 2 atom stereocenters. The van der Waals surface area contributed by atoms with Crippen molar-refractivity contribution in [2.45, 2.75) is 31.1 Å². The third kappa shape index (κ3) is 3.05. The predicted molar refractivity (Wildman–Crippen MR) is 91.3 cm³/mol. The maximum Gasteiger partial charge on any atom is 0.417 e. The number of urea groups is 2. The smallest absolute Gasteiger partial charge is 0.309 e. The van der Waals surface area contributed by atoms with Gasteiger partial charge in [-0.3, -0.25) is 0 Å². The van der Waals surface area contributed by atoms with Crippen LogP contribution in [0.25, 0.3) is 0 Å². The summed E-state index contributed by atoms with van der Waals surface area (Å²) in [7, 11) is 0. The summed E-state index contributed by atoms with van der Waals surface area (Å²) in [5, 5.41) is 8.12. The van der Waals surface area contributed by atoms with Crippen molar-refractivity contribution in [2.24, 2.45) is 5.10 Å². The molecule has 2 bridgehead atoms. The Hall–Kier alpha value is -2.82. The molecule has 1 aromatic rings. The molecule has 0 spiro atoms. The first-order valence-electron chi connectivity index (χ1n) is 8.17. The van der Waals surface area contributed by atoms with Gasteiger partial charge >= 0.3 is 18.2 Å². The van der Waals surface area contributed by atoms with Crippen molar-refractivity contribution in [3.8, 4) is 0 Å². The van der Waals surface area contributed by atoms with E-state index in [-0.39, 0.29) is 12.1 Å². The van der Waals surface area contributed by atoms with Crippen molar-refractivity contribution >= 4 is 35.1 Å². The fourth-order valence-corrected chi connectivity index (χ4v) is 3.83. The van der Waals surface area contributed by atoms with Crippen molar-refractivity contribution < 1.29 is 27.2 Å². The Morgan fingerprint density at radius 1 is 1.32 bits per heavy atom. The maximum atomic E-state index is 14.1. The summed E-state index contributed by atoms with van der Waals surface area (Å²) in [6.45, 7) is 0. The molecule has 0 radical (unpaired) electrons. The normalized spacial score (nSPS) is 23.3. The molecule has 12 heteroatoms. The van der Waals surface area contributed by atoms with E-state index >= 15 is 0 Å². The molecule has 28 heavy (non-hydrogen) atoms. The lowest BCUT2D eigenvalue weighted by atomic mass is 10.0. The number of benzene rings is 1. The number of carbonyl (C=O) groups is 2. The SMILES string of the molecule is O=C1NN=C2C(=CC3CC[C@@H]2N3C(=O)Nc2cc(Cl)c(C(F)(F)F)cc2F)N1. The van der Waals surface area contributed by atoms with E-state index in [2.05, 4.69) is 21.2 Å². The Bertz CT molecular complexity index is 946. The van der Waals surface area contributed by atoms with Crippen molar-refractivity contribution in [1.29, 1.82) is 0 Å². The number of hydrogen-bond acceptors (Lipinski definition) is 3. The third-order valence-corrected chi connectivity index (χ3v) is 5.06. The fraction of sp³-hybridized carbons (Fsp3) is 0.312. The zero-order valence-electron chi connectivity index (χ0n) is 13.9. The number of carbonyl (C=O) groups excluding carboxylic acids is 2. The highest BCUT2D eigenvalue weighted by Gasteiger charge is 2.45. The van der Waals surface area contributed by atoms with E-state index < -0.39 is 46.4 Å². The summed E-state index contributed by atoms with van der Waals surface area (Å²) in [5.74, 6) is -1.26. The average Bonchev–Trinajstić information content (AvgIpc) is 2.92. The van der Waals surface area contributed by atoms with Crippen molar-refractivity contribution in [2.75, 3.05) is 5.32 Å². The summed E-state index contributed by atoms with van der Waals surface area (Å²) in [6.07, 6.45) is -2.00. The van der Waals surface area contributed by atoms with E-state index in [0.717, 1.165) is 6.07 Å². The van der Waals surface area contributed by atoms with Crippen LogP contribution in [0, 0.1) is 5.82 Å². The number of rotatable bonds is 1. The molecule has 1 aromatic carbocycles. The highest BCUT2D eigenvalue weighted by Crippen LogP contribution is 2.38. The lowest BCUT2D eigenvalue weighted by Crippen LogP contribution is -2.55. The monoisotopic (exact) mass is 417 g/mol. The number of hydrazone groups is 1. The quantitative estimate of drug-likeness (QED) is 0.611. The second kappa shape index (κ2) is 6.36. The van der Waals surface area contributed by atoms with Crippen molar-refractivity contribution in [3.63, 3.8) is 0 Å². The first-order valence-corrected chi connectivity index (χ1v) is 8.55. The Morgan fingerprint density at radius 2 is 2.07 bits per heavy atom. The van der Waals surface area contributed by atoms with Gasteiger partial charge in [-0.15, -0.1) is 0 Å². The van der Waals surface area contributed by atoms with Gasteiger partial charge in [0.15, 0.2) is 0 Å². The van der Waals surface area contributed by atoms with Gasteiger partial charge in [0, 0.05) is 0 Å². The van der Waals surface area contributed by atoms with Gasteiger partial charge in [0.05, 0.1) is 34.1 Å². The van der Waals surface area contributed by atoms with Crippen LogP contribution in [0.4, 0.5) is 32.8 Å². The molecular formula is C16H12ClF4N5O2. The second-order valence-electron chi connectivity index (χ2n) is 6.45. The molecule has 0 aromatic heterocycles. The van der Waals surface area contributed by atoms with Gasteiger partial charge < -0.3 is 15.5 Å². The lowest BCUT2D eigenvalue weighted by molar-refractivity contribution is -0.137. The number of amides is 4. The molecule has 1 unspecified atom stereocenters. The molecule has 0 saturated carbocycles. The van der Waals surface area contributed by atoms with Crippen LogP contribution >= 0.6 is 11.6 Å². The van der Waals surface area contributed by atoms with E-state index in [1.807, 2.05) is 0 Å². The predicted octanol–water partition coefficient (Wildman–Crippen LogP) is 3.43. The zero-order valence-corrected chi connectivity index (χ0v) is 14.7. The molecule has 148 valence electrons. The third-order valence-electron chi connectivity index (χ3n) is 4.74. The Balaban J connectivity index is 1.59. The number of alkyl halides is 3. The molecule has 3 N–H and O–H groups in total. The minimum atomic E-state index is -4.82. The number of nitrogens with one attached hydrogen (secondary N) is 3. The number of hydrogen-bond donors (Lipinski definition) is 3. The van der Waals surface area contributed by atoms with Crippen LogP contribution in [0.5, 0.6) is 0 Å². The summed E-state index contributed by atoms with van der Waals surface area (Å²) in [6, 6.07) is -1.07. The minimum Gasteiger partial charge on any atom is -0.309 e. The fourth-order valence-electron chi connectivity index (χ4n) is 3.56. The van der Waals surface area contributed by atoms with Crippen LogP contribution in [0.2, 0.25) is 5.02 Å². The van der Waals surface area contributed by atoms with Gasteiger partial charge in [-0.2, -0.15) is 18.3 Å². The number of anilines is 1. The maximum absolute atomic E-state index is 14.1. The lowest BCUT2D eigenvalue weighted by Gasteiger charge is -2.36. The van der Waals surface area contributed by atoms with Crippen LogP contribution in [-0.4, -0.2) is 34.8 Å². The van der Waals surface area contributed by atoms with E-state index in [9.17, 15) is 27.2 Å². The van der Waals surface area contributed by atoms with Crippen LogP contribution in [0.1, 0.15) is 18.4 Å². The van der Waals surface area contributed by atoms with Gasteiger partial charge in [0.2, 0.25) is 0 Å². The van der Waals surface area contributed by atoms with Gasteiger partial charge in [0.1, 0.15) is 11.5 Å². The zero-order chi connectivity index (χ0) is 20.2. The van der Waals surface area contributed by atoms with Crippen molar-refractivity contribution in [3.05, 3.63) is 40.3 Å². The van der Waals surface area contributed by atoms with Gasteiger partial charge in [-0.05, 0) is 31.1 Å². The molecule has 1 saturated heterocycles. The molecular weight excluding hydrogens is 406 g/mol. The minimum absolute atomic E-state index is 0.242. The van der Waals surface area contributed by atoms with E-state index in [4.69, 9.17) is 11.6 Å². The molecule has 3 heterocycles. The summed E-state index contributed by atoms with van der Waals surface area (Å²) in [4.78, 5) is 25.5. The standard InChI is InChI=1S/C16H12ClF4N5O2/c17-8-5-10(9(18)4-7(8)16(19,20)21)23-15(28)26-6-1-2-12(26)13-11(3-6)22-14(27)25-24-13/h3-6,12H,1-2H2,(H,23,28)(H2,22,25,27)/t6?,12-/m0/s1. The van der Waals surface area contributed by atoms with Gasteiger partial charge in [-0.25, -0.2) is 19.4 Å². The number of nitrogens with zero attached hydrogens (tertiary/aromatic N) is 2. The Morgan fingerprint density at radius 3 is 2.79 bits per heavy atom. The average molecular weight is 418 g/mol. The molecule has 7 nitrogen and oxygen atoms in total. The molecule has 1 fully saturated rings. The summed E-state index contributed by atoms with van der Waals surface area (Å²) in [5.41, 5.74) is 1.43. The van der Waals surface area contributed by atoms with Crippen LogP contribution in [-0.2, 0) is 6.18 Å². The highest BCUT2D eigenvalue weighted by molar-refractivity contribution is 6.31. The van der Waals surface area contributed by atoms with Gasteiger partial charge in [-0.1, -0.05) is 11.6 Å². The van der Waals surface area contributed by atoms with Crippen LogP contribution in [0.15, 0.2) is 29.0 Å². The Kier molecular flexibility index (Phi) is 4.21. The van der Waals surface area contributed by atoms with Crippen molar-refractivity contribution in [1.82, 2.24) is 15.6 Å². The van der Waals surface area contributed by atoms with E-state index in [1.54, 1.807) is 6.08 Å². The first-order chi connectivity index (χ1) is 13.1. The van der Waals surface area contributed by atoms with E-state index in [1.165, 1.54) is 4.90 Å². The second-order valence-corrected chi connectivity index (χ2v) is 6.86. The number of fused-ring (bicyclic) bond motifs is 4. The molecule has 4 rings (SSSR count). The molecule has 3 aliphatic rings. The Labute approximate surface area is 160 Å². The van der Waals surface area contributed by atoms with Crippen LogP contribution < -0.4 is 16.1 Å². The highest BCUT2D eigenvalue weighted by atomic mass is 35.5. The van der Waals surface area contributed by atoms with Gasteiger partial charge in [0.25, 0.3) is 0 Å². The summed E-state index contributed by atoms with van der Waals surface area (Å²) >= 11 is 5.60. The summed E-state index contributed by atoms with van der Waals surface area (Å²) < 4.78 is 52.5. The number of halogens is 5. The molecule has 0 aliphatic carbocycles.